The summed E-state index contributed by atoms with van der Waals surface area (Å²) in [5.74, 6) is 0.947. The summed E-state index contributed by atoms with van der Waals surface area (Å²) in [6.07, 6.45) is 0. The van der Waals surface area contributed by atoms with Crippen LogP contribution in [0.4, 0.5) is 5.82 Å². The molecule has 0 unspecified atom stereocenters. The third-order valence-corrected chi connectivity index (χ3v) is 6.79. The number of carbonyl (C=O) groups is 1. The van der Waals surface area contributed by atoms with Crippen molar-refractivity contribution < 1.29 is 4.79 Å². The molecule has 1 aromatic heterocycles. The van der Waals surface area contributed by atoms with Gasteiger partial charge >= 0.3 is 0 Å². The molecule has 1 heterocycles. The smallest absolute Gasteiger partial charge is 0.256 e. The summed E-state index contributed by atoms with van der Waals surface area (Å²) in [7, 11) is 0. The number of hydrogen-bond acceptors (Lipinski definition) is 3. The fourth-order valence-electron chi connectivity index (χ4n) is 3.66. The maximum atomic E-state index is 12.8. The molecule has 0 aliphatic heterocycles. The average Bonchev–Trinajstić information content (AvgIpc) is 3.30. The van der Waals surface area contributed by atoms with Crippen molar-refractivity contribution in [3.05, 3.63) is 112 Å². The van der Waals surface area contributed by atoms with Crippen LogP contribution in [-0.2, 0) is 5.75 Å². The Bertz CT molecular complexity index is 1480. The second kappa shape index (κ2) is 9.94. The molecule has 0 atom stereocenters. The van der Waals surface area contributed by atoms with E-state index in [-0.39, 0.29) is 5.91 Å². The van der Waals surface area contributed by atoms with Crippen molar-refractivity contribution in [2.45, 2.75) is 10.6 Å². The Morgan fingerprint density at radius 2 is 1.65 bits per heavy atom. The van der Waals surface area contributed by atoms with Crippen molar-refractivity contribution in [1.82, 2.24) is 10.2 Å². The monoisotopic (exact) mass is 503 g/mol. The first-order chi connectivity index (χ1) is 16.5. The van der Waals surface area contributed by atoms with Crippen molar-refractivity contribution in [2.75, 3.05) is 5.32 Å². The van der Waals surface area contributed by atoms with Gasteiger partial charge in [-0.2, -0.15) is 5.10 Å². The molecular weight excluding hydrogens is 485 g/mol. The summed E-state index contributed by atoms with van der Waals surface area (Å²) in [5, 5.41) is 13.7. The molecule has 0 radical (unpaired) electrons. The predicted octanol–water partition coefficient (Wildman–Crippen LogP) is 8.08. The van der Waals surface area contributed by atoms with Crippen LogP contribution >= 0.6 is 35.0 Å². The molecule has 4 aromatic carbocycles. The van der Waals surface area contributed by atoms with E-state index in [1.165, 1.54) is 5.39 Å². The van der Waals surface area contributed by atoms with Crippen molar-refractivity contribution >= 4 is 57.5 Å². The number of aromatic amines is 1. The van der Waals surface area contributed by atoms with Gasteiger partial charge in [0.2, 0.25) is 0 Å². The highest BCUT2D eigenvalue weighted by atomic mass is 35.5. The standard InChI is InChI=1S/C27H19Cl2N3OS/c28-22-12-23(29)14-24(13-22)34-16-17-4-3-7-21(10-17)27(33)30-26-15-25(31-32-26)20-9-8-18-5-1-2-6-19(18)11-20/h1-15H,16H2,(H2,30,31,32,33). The number of fused-ring (bicyclic) bond motifs is 1. The topological polar surface area (TPSA) is 57.8 Å². The van der Waals surface area contributed by atoms with Gasteiger partial charge in [0.25, 0.3) is 5.91 Å². The molecule has 2 N–H and O–H groups in total. The largest absolute Gasteiger partial charge is 0.305 e. The summed E-state index contributed by atoms with van der Waals surface area (Å²) >= 11 is 13.8. The van der Waals surface area contributed by atoms with Crippen molar-refractivity contribution in [1.29, 1.82) is 0 Å². The molecule has 5 aromatic rings. The lowest BCUT2D eigenvalue weighted by Crippen LogP contribution is -2.12. The zero-order chi connectivity index (χ0) is 23.5. The number of nitrogens with zero attached hydrogens (tertiary/aromatic N) is 1. The van der Waals surface area contributed by atoms with Gasteiger partial charge in [-0.3, -0.25) is 9.89 Å². The minimum Gasteiger partial charge on any atom is -0.305 e. The molecule has 0 saturated heterocycles. The Morgan fingerprint density at radius 3 is 2.47 bits per heavy atom. The fraction of sp³-hybridized carbons (Fsp3) is 0.0370. The number of halogens is 2. The van der Waals surface area contributed by atoms with Gasteiger partial charge in [-0.1, -0.05) is 71.7 Å². The second-order valence-electron chi connectivity index (χ2n) is 7.78. The molecule has 0 fully saturated rings. The summed E-state index contributed by atoms with van der Waals surface area (Å²) in [4.78, 5) is 13.8. The van der Waals surface area contributed by atoms with E-state index in [9.17, 15) is 4.79 Å². The molecule has 5 rings (SSSR count). The van der Waals surface area contributed by atoms with E-state index in [1.54, 1.807) is 23.9 Å². The minimum atomic E-state index is -0.214. The van der Waals surface area contributed by atoms with Crippen LogP contribution in [0.1, 0.15) is 15.9 Å². The SMILES string of the molecule is O=C(Nc1cc(-c2ccc3ccccc3c2)[nH]n1)c1cccc(CSc2cc(Cl)cc(Cl)c2)c1. The summed E-state index contributed by atoms with van der Waals surface area (Å²) in [6.45, 7) is 0. The summed E-state index contributed by atoms with van der Waals surface area (Å²) in [5.41, 5.74) is 3.43. The van der Waals surface area contributed by atoms with Crippen LogP contribution in [0.3, 0.4) is 0 Å². The van der Waals surface area contributed by atoms with Crippen molar-refractivity contribution in [3.8, 4) is 11.3 Å². The normalized spacial score (nSPS) is 11.0. The highest BCUT2D eigenvalue weighted by Crippen LogP contribution is 2.29. The average molecular weight is 504 g/mol. The van der Waals surface area contributed by atoms with Gasteiger partial charge in [0.05, 0.1) is 5.69 Å². The van der Waals surface area contributed by atoms with E-state index in [4.69, 9.17) is 23.2 Å². The van der Waals surface area contributed by atoms with Crippen LogP contribution in [0, 0.1) is 0 Å². The Balaban J connectivity index is 1.27. The third-order valence-electron chi connectivity index (χ3n) is 5.31. The number of anilines is 1. The molecule has 168 valence electrons. The Hall–Kier alpha value is -3.25. The van der Waals surface area contributed by atoms with Crippen LogP contribution < -0.4 is 5.32 Å². The van der Waals surface area contributed by atoms with Gasteiger partial charge in [0.1, 0.15) is 0 Å². The number of benzene rings is 4. The maximum absolute atomic E-state index is 12.8. The van der Waals surface area contributed by atoms with E-state index < -0.39 is 0 Å². The lowest BCUT2D eigenvalue weighted by atomic mass is 10.1. The first-order valence-electron chi connectivity index (χ1n) is 10.6. The Kier molecular flexibility index (Phi) is 6.59. The third kappa shape index (κ3) is 5.28. The highest BCUT2D eigenvalue weighted by Gasteiger charge is 2.11. The van der Waals surface area contributed by atoms with Crippen LogP contribution in [0.15, 0.2) is 95.9 Å². The lowest BCUT2D eigenvalue weighted by molar-refractivity contribution is 0.102. The van der Waals surface area contributed by atoms with E-state index in [0.29, 0.717) is 27.2 Å². The summed E-state index contributed by atoms with van der Waals surface area (Å²) in [6, 6.07) is 29.2. The molecule has 34 heavy (non-hydrogen) atoms. The van der Waals surface area contributed by atoms with Crippen LogP contribution in [-0.4, -0.2) is 16.1 Å². The number of H-pyrrole nitrogens is 1. The minimum absolute atomic E-state index is 0.214. The lowest BCUT2D eigenvalue weighted by Gasteiger charge is -2.06. The maximum Gasteiger partial charge on any atom is 0.256 e. The van der Waals surface area contributed by atoms with E-state index in [0.717, 1.165) is 27.1 Å². The van der Waals surface area contributed by atoms with Gasteiger partial charge in [0.15, 0.2) is 5.82 Å². The number of aromatic nitrogens is 2. The van der Waals surface area contributed by atoms with E-state index in [2.05, 4.69) is 39.8 Å². The zero-order valence-electron chi connectivity index (χ0n) is 17.9. The van der Waals surface area contributed by atoms with Gasteiger partial charge in [-0.05, 0) is 52.7 Å². The van der Waals surface area contributed by atoms with Gasteiger partial charge < -0.3 is 5.32 Å². The Morgan fingerprint density at radius 1 is 0.853 bits per heavy atom. The first kappa shape index (κ1) is 22.5. The molecule has 0 aliphatic rings. The summed E-state index contributed by atoms with van der Waals surface area (Å²) < 4.78 is 0. The molecular formula is C27H19Cl2N3OS. The second-order valence-corrected chi connectivity index (χ2v) is 9.70. The highest BCUT2D eigenvalue weighted by molar-refractivity contribution is 7.98. The number of thioether (sulfide) groups is 1. The fourth-order valence-corrected chi connectivity index (χ4v) is 5.25. The number of nitrogens with one attached hydrogen (secondary N) is 2. The zero-order valence-corrected chi connectivity index (χ0v) is 20.2. The molecule has 0 spiro atoms. The number of amides is 1. The predicted molar refractivity (Wildman–Crippen MR) is 142 cm³/mol. The van der Waals surface area contributed by atoms with Gasteiger partial charge in [0, 0.05) is 37.9 Å². The molecule has 1 amide bonds. The van der Waals surface area contributed by atoms with Gasteiger partial charge in [-0.15, -0.1) is 11.8 Å². The number of hydrogen-bond donors (Lipinski definition) is 2. The van der Waals surface area contributed by atoms with Crippen LogP contribution in [0.5, 0.6) is 0 Å². The quantitative estimate of drug-likeness (QED) is 0.230. The molecule has 4 nitrogen and oxygen atoms in total. The van der Waals surface area contributed by atoms with Crippen LogP contribution in [0.25, 0.3) is 22.0 Å². The Labute approximate surface area is 211 Å². The van der Waals surface area contributed by atoms with Crippen molar-refractivity contribution in [2.24, 2.45) is 0 Å². The van der Waals surface area contributed by atoms with Crippen LogP contribution in [0.2, 0.25) is 10.0 Å². The molecule has 7 heteroatoms. The number of carbonyl (C=O) groups excluding carboxylic acids is 1. The molecule has 0 aliphatic carbocycles. The molecule has 0 bridgehead atoms. The number of rotatable bonds is 6. The van der Waals surface area contributed by atoms with Gasteiger partial charge in [-0.25, -0.2) is 0 Å². The van der Waals surface area contributed by atoms with E-state index >= 15 is 0 Å². The van der Waals surface area contributed by atoms with Crippen molar-refractivity contribution in [3.63, 3.8) is 0 Å². The first-order valence-corrected chi connectivity index (χ1v) is 12.3. The van der Waals surface area contributed by atoms with E-state index in [1.807, 2.05) is 54.6 Å². The molecule has 0 saturated carbocycles.